The van der Waals surface area contributed by atoms with Crippen molar-refractivity contribution in [1.29, 1.82) is 0 Å². The van der Waals surface area contributed by atoms with Crippen molar-refractivity contribution in [3.05, 3.63) is 93.4 Å². The minimum Gasteiger partial charge on any atom is -0.476 e. The number of halogens is 1. The van der Waals surface area contributed by atoms with Crippen LogP contribution in [0.15, 0.2) is 59.4 Å². The lowest BCUT2D eigenvalue weighted by atomic mass is 10.1. The number of ketones is 1. The van der Waals surface area contributed by atoms with Crippen molar-refractivity contribution < 1.29 is 19.1 Å². The van der Waals surface area contributed by atoms with Crippen LogP contribution in [0.4, 0.5) is 4.39 Å². The Bertz CT molecular complexity index is 1420. The van der Waals surface area contributed by atoms with E-state index in [1.54, 1.807) is 54.8 Å². The van der Waals surface area contributed by atoms with Gasteiger partial charge in [0, 0.05) is 22.3 Å². The van der Waals surface area contributed by atoms with Crippen LogP contribution < -0.4 is 5.56 Å². The molecule has 31 heavy (non-hydrogen) atoms. The molecule has 0 saturated heterocycles. The molecule has 7 nitrogen and oxygen atoms in total. The second-order valence-corrected chi connectivity index (χ2v) is 7.16. The number of hydrogen-bond donors (Lipinski definition) is 1. The van der Waals surface area contributed by atoms with Gasteiger partial charge in [0.05, 0.1) is 11.1 Å². The summed E-state index contributed by atoms with van der Waals surface area (Å²) in [6.07, 6.45) is 0. The first-order chi connectivity index (χ1) is 14.8. The third kappa shape index (κ3) is 3.42. The molecule has 0 aliphatic rings. The Labute approximate surface area is 176 Å². The molecule has 0 unspecified atom stereocenters. The number of carbonyl (C=O) groups is 2. The van der Waals surface area contributed by atoms with E-state index in [9.17, 15) is 23.9 Å². The number of fused-ring (bicyclic) bond motifs is 1. The highest BCUT2D eigenvalue weighted by molar-refractivity contribution is 6.01. The van der Waals surface area contributed by atoms with Crippen molar-refractivity contribution in [2.45, 2.75) is 20.4 Å². The fraction of sp³-hybridized carbons (Fsp3) is 0.130. The number of aromatic carboxylic acids is 1. The topological polar surface area (TPSA) is 94.2 Å². The number of rotatable bonds is 5. The average molecular weight is 419 g/mol. The molecule has 4 aromatic rings. The van der Waals surface area contributed by atoms with Crippen LogP contribution in [0.5, 0.6) is 0 Å². The quantitative estimate of drug-likeness (QED) is 0.500. The molecule has 0 radical (unpaired) electrons. The molecule has 0 amide bonds. The number of hydrogen-bond acceptors (Lipinski definition) is 4. The third-order valence-electron chi connectivity index (χ3n) is 5.19. The number of carboxylic acid groups (broad SMARTS) is 1. The molecule has 0 aliphatic carbocycles. The fourth-order valence-corrected chi connectivity index (χ4v) is 3.77. The van der Waals surface area contributed by atoms with Gasteiger partial charge in [-0.2, -0.15) is 5.10 Å². The predicted octanol–water partition coefficient (Wildman–Crippen LogP) is 3.52. The van der Waals surface area contributed by atoms with Gasteiger partial charge in [0.15, 0.2) is 11.5 Å². The van der Waals surface area contributed by atoms with Crippen LogP contribution in [0.2, 0.25) is 0 Å². The Kier molecular flexibility index (Phi) is 4.98. The van der Waals surface area contributed by atoms with Gasteiger partial charge in [-0.1, -0.05) is 30.3 Å². The zero-order chi connectivity index (χ0) is 22.3. The number of benzene rings is 2. The third-order valence-corrected chi connectivity index (χ3v) is 5.19. The predicted molar refractivity (Wildman–Crippen MR) is 112 cm³/mol. The SMILES string of the molecule is Cc1cc(C(=O)Cn2nc(C(=O)O)c3ccccc3c2=O)c(C)n1-c1ccccc1F. The van der Waals surface area contributed by atoms with Gasteiger partial charge in [-0.3, -0.25) is 9.59 Å². The number of aromatic nitrogens is 3. The summed E-state index contributed by atoms with van der Waals surface area (Å²) in [5.74, 6) is -2.16. The second kappa shape index (κ2) is 7.64. The maximum absolute atomic E-state index is 14.3. The van der Waals surface area contributed by atoms with Crippen molar-refractivity contribution in [3.8, 4) is 5.69 Å². The van der Waals surface area contributed by atoms with E-state index in [0.717, 1.165) is 4.68 Å². The molecule has 2 aromatic heterocycles. The molecule has 8 heteroatoms. The van der Waals surface area contributed by atoms with E-state index < -0.39 is 29.7 Å². The summed E-state index contributed by atoms with van der Waals surface area (Å²) >= 11 is 0. The normalized spacial score (nSPS) is 11.1. The van der Waals surface area contributed by atoms with Crippen LogP contribution in [-0.2, 0) is 6.54 Å². The standard InChI is InChI=1S/C23H18FN3O4/c1-13-11-17(14(2)27(13)19-10-6-5-9-18(19)24)20(28)12-26-22(29)16-8-4-3-7-15(16)21(25-26)23(30)31/h3-11H,12H2,1-2H3,(H,30,31). The maximum atomic E-state index is 14.3. The Hall–Kier alpha value is -4.07. The molecule has 0 atom stereocenters. The molecule has 0 aliphatic heterocycles. The number of aryl methyl sites for hydroxylation is 1. The molecular weight excluding hydrogens is 401 g/mol. The van der Waals surface area contributed by atoms with Gasteiger partial charge in [-0.15, -0.1) is 0 Å². The van der Waals surface area contributed by atoms with Crippen LogP contribution in [0.3, 0.4) is 0 Å². The number of nitrogens with zero attached hydrogens (tertiary/aromatic N) is 3. The van der Waals surface area contributed by atoms with Gasteiger partial charge in [-0.25, -0.2) is 13.9 Å². The molecular formula is C23H18FN3O4. The largest absolute Gasteiger partial charge is 0.476 e. The summed E-state index contributed by atoms with van der Waals surface area (Å²) < 4.78 is 16.8. The molecule has 2 aromatic carbocycles. The number of Topliss-reactive ketones (excluding diaryl/α,β-unsaturated/α-hetero) is 1. The lowest BCUT2D eigenvalue weighted by Gasteiger charge is -2.11. The van der Waals surface area contributed by atoms with Crippen LogP contribution in [0.1, 0.15) is 32.2 Å². The monoisotopic (exact) mass is 419 g/mol. The summed E-state index contributed by atoms with van der Waals surface area (Å²) in [5, 5.41) is 13.8. The average Bonchev–Trinajstić information content (AvgIpc) is 3.04. The lowest BCUT2D eigenvalue weighted by molar-refractivity contribution is 0.0688. The molecule has 0 spiro atoms. The highest BCUT2D eigenvalue weighted by Crippen LogP contribution is 2.23. The highest BCUT2D eigenvalue weighted by Gasteiger charge is 2.21. The maximum Gasteiger partial charge on any atom is 0.357 e. The first-order valence-electron chi connectivity index (χ1n) is 9.49. The molecule has 156 valence electrons. The summed E-state index contributed by atoms with van der Waals surface area (Å²) in [6.45, 7) is 3.00. The van der Waals surface area contributed by atoms with Crippen LogP contribution >= 0.6 is 0 Å². The Morgan fingerprint density at radius 1 is 1.03 bits per heavy atom. The van der Waals surface area contributed by atoms with Gasteiger partial charge in [0.25, 0.3) is 5.56 Å². The number of carboxylic acids is 1. The minimum absolute atomic E-state index is 0.166. The van der Waals surface area contributed by atoms with E-state index >= 15 is 0 Å². The number of carbonyl (C=O) groups excluding carboxylic acids is 1. The molecule has 1 N–H and O–H groups in total. The fourth-order valence-electron chi connectivity index (χ4n) is 3.77. The summed E-state index contributed by atoms with van der Waals surface area (Å²) in [7, 11) is 0. The van der Waals surface area contributed by atoms with Crippen molar-refractivity contribution in [3.63, 3.8) is 0 Å². The van der Waals surface area contributed by atoms with Crippen molar-refractivity contribution in [1.82, 2.24) is 14.3 Å². The minimum atomic E-state index is -1.30. The van der Waals surface area contributed by atoms with Crippen LogP contribution in [0.25, 0.3) is 16.5 Å². The van der Waals surface area contributed by atoms with Gasteiger partial charge >= 0.3 is 5.97 Å². The summed E-state index contributed by atoms with van der Waals surface area (Å²) in [6, 6.07) is 14.1. The van der Waals surface area contributed by atoms with E-state index in [1.807, 2.05) is 0 Å². The molecule has 0 saturated carbocycles. The molecule has 2 heterocycles. The Morgan fingerprint density at radius 3 is 2.35 bits per heavy atom. The number of para-hydroxylation sites is 1. The smallest absolute Gasteiger partial charge is 0.357 e. The van der Waals surface area contributed by atoms with Crippen molar-refractivity contribution in [2.24, 2.45) is 0 Å². The van der Waals surface area contributed by atoms with E-state index in [1.165, 1.54) is 18.2 Å². The van der Waals surface area contributed by atoms with Gasteiger partial charge in [-0.05, 0) is 38.1 Å². The van der Waals surface area contributed by atoms with E-state index in [2.05, 4.69) is 5.10 Å². The van der Waals surface area contributed by atoms with Crippen LogP contribution in [0, 0.1) is 19.7 Å². The second-order valence-electron chi connectivity index (χ2n) is 7.16. The van der Waals surface area contributed by atoms with E-state index in [0.29, 0.717) is 22.6 Å². The Balaban J connectivity index is 1.78. The first kappa shape index (κ1) is 20.2. The zero-order valence-corrected chi connectivity index (χ0v) is 16.8. The van der Waals surface area contributed by atoms with E-state index in [4.69, 9.17) is 0 Å². The first-order valence-corrected chi connectivity index (χ1v) is 9.49. The van der Waals surface area contributed by atoms with Gasteiger partial charge < -0.3 is 9.67 Å². The lowest BCUT2D eigenvalue weighted by Crippen LogP contribution is -2.29. The van der Waals surface area contributed by atoms with Gasteiger partial charge in [0.2, 0.25) is 0 Å². The zero-order valence-electron chi connectivity index (χ0n) is 16.8. The van der Waals surface area contributed by atoms with Crippen LogP contribution in [-0.4, -0.2) is 31.2 Å². The van der Waals surface area contributed by atoms with Crippen molar-refractivity contribution in [2.75, 3.05) is 0 Å². The summed E-state index contributed by atoms with van der Waals surface area (Å²) in [4.78, 5) is 37.4. The van der Waals surface area contributed by atoms with E-state index in [-0.39, 0.29) is 16.5 Å². The highest BCUT2D eigenvalue weighted by atomic mass is 19.1. The summed E-state index contributed by atoms with van der Waals surface area (Å²) in [5.41, 5.74) is 0.915. The molecule has 4 rings (SSSR count). The Morgan fingerprint density at radius 2 is 1.68 bits per heavy atom. The van der Waals surface area contributed by atoms with Gasteiger partial charge in [0.1, 0.15) is 12.4 Å². The molecule has 0 fully saturated rings. The van der Waals surface area contributed by atoms with Crippen molar-refractivity contribution >= 4 is 22.5 Å². The molecule has 0 bridgehead atoms.